The molecule has 2 aliphatic rings. The molecule has 0 bridgehead atoms. The molecule has 1 spiro atoms. The molecule has 1 aliphatic carbocycles. The third-order valence-corrected chi connectivity index (χ3v) is 11.5. The smallest absolute Gasteiger partial charge is 0.165 e. The first-order valence-electron chi connectivity index (χ1n) is 10.7. The van der Waals surface area contributed by atoms with Crippen molar-refractivity contribution >= 4 is 49.5 Å². The maximum Gasteiger partial charge on any atom is 0.165 e. The number of H-pyrrole nitrogens is 1. The number of amidine groups is 1. The molecule has 0 radical (unpaired) electrons. The van der Waals surface area contributed by atoms with Gasteiger partial charge in [0, 0.05) is 5.39 Å². The Morgan fingerprint density at radius 3 is 2.62 bits per heavy atom. The molecule has 3 aromatic rings. The molecule has 2 aromatic heterocycles. The van der Waals surface area contributed by atoms with E-state index in [0.29, 0.717) is 17.9 Å². The Labute approximate surface area is 196 Å². The molecule has 1 aromatic carbocycles. The normalized spacial score (nSPS) is 24.5. The van der Waals surface area contributed by atoms with E-state index < -0.39 is 20.1 Å². The first-order chi connectivity index (χ1) is 15.2. The number of ether oxygens (including phenoxy) is 1. The Kier molecular flexibility index (Phi) is 5.11. The van der Waals surface area contributed by atoms with Gasteiger partial charge in [0.1, 0.15) is 16.3 Å². The van der Waals surface area contributed by atoms with Crippen molar-refractivity contribution in [1.29, 1.82) is 5.41 Å². The minimum absolute atomic E-state index is 0.0669. The van der Waals surface area contributed by atoms with Gasteiger partial charge in [-0.05, 0) is 38.0 Å². The molecule has 170 valence electrons. The highest BCUT2D eigenvalue weighted by atomic mass is 35.5. The number of nitrogens with one attached hydrogen (secondary N) is 3. The molecule has 1 saturated carbocycles. The number of sulfone groups is 1. The maximum absolute atomic E-state index is 13.5. The van der Waals surface area contributed by atoms with Gasteiger partial charge in [0.2, 0.25) is 0 Å². The third kappa shape index (κ3) is 3.18. The minimum Gasteiger partial charge on any atom is -0.495 e. The molecule has 3 N–H and O–H groups in total. The van der Waals surface area contributed by atoms with E-state index in [1.165, 1.54) is 11.3 Å². The second-order valence-electron chi connectivity index (χ2n) is 9.04. The summed E-state index contributed by atoms with van der Waals surface area (Å²) in [7, 11) is -1.88. The number of aromatic nitrogens is 1. The topological polar surface area (TPSA) is 95.0 Å². The number of thiophene rings is 1. The van der Waals surface area contributed by atoms with Gasteiger partial charge in [-0.1, -0.05) is 43.0 Å². The SMILES string of the molecule is COc1cccc2cc(-c3cc(Cl)c([C@]4(C)CS(=O)(=O)C5(CCCCC5)C(=N)N4)s3)[nH]c12. The number of benzene rings is 1. The summed E-state index contributed by atoms with van der Waals surface area (Å²) in [5.41, 5.74) is 0.855. The van der Waals surface area contributed by atoms with Crippen molar-refractivity contribution in [1.82, 2.24) is 10.3 Å². The summed E-state index contributed by atoms with van der Waals surface area (Å²) in [6.45, 7) is 1.84. The zero-order chi connectivity index (χ0) is 22.7. The van der Waals surface area contributed by atoms with Gasteiger partial charge in [-0.25, -0.2) is 8.42 Å². The number of hydrogen-bond donors (Lipinski definition) is 3. The van der Waals surface area contributed by atoms with Gasteiger partial charge in [-0.15, -0.1) is 11.3 Å². The predicted octanol–water partition coefficient (Wildman–Crippen LogP) is 5.47. The third-order valence-electron chi connectivity index (χ3n) is 6.88. The van der Waals surface area contributed by atoms with Gasteiger partial charge in [0.15, 0.2) is 9.84 Å². The summed E-state index contributed by atoms with van der Waals surface area (Å²) in [6, 6.07) is 9.76. The molecule has 0 amide bonds. The number of para-hydroxylation sites is 1. The van der Waals surface area contributed by atoms with E-state index >= 15 is 0 Å². The van der Waals surface area contributed by atoms with Gasteiger partial charge in [0.05, 0.1) is 44.4 Å². The van der Waals surface area contributed by atoms with Crippen LogP contribution < -0.4 is 10.1 Å². The standard InChI is InChI=1S/C23H26ClN3O3S2/c1-22(13-32(28,29)23(21(25)27-22)9-4-3-5-10-23)20-15(24)12-18(31-20)16-11-14-7-6-8-17(30-2)19(14)26-16/h6-8,11-12,26H,3-5,9-10,13H2,1-2H3,(H2,25,27)/t22-/m0/s1. The van der Waals surface area contributed by atoms with Crippen LogP contribution in [0.2, 0.25) is 5.02 Å². The van der Waals surface area contributed by atoms with Gasteiger partial charge in [0.25, 0.3) is 0 Å². The van der Waals surface area contributed by atoms with E-state index in [2.05, 4.69) is 10.3 Å². The maximum atomic E-state index is 13.5. The average molecular weight is 492 g/mol. The van der Waals surface area contributed by atoms with Crippen molar-refractivity contribution in [3.63, 3.8) is 0 Å². The van der Waals surface area contributed by atoms with Crippen molar-refractivity contribution in [3.8, 4) is 16.3 Å². The zero-order valence-electron chi connectivity index (χ0n) is 18.0. The van der Waals surface area contributed by atoms with E-state index in [1.54, 1.807) is 7.11 Å². The van der Waals surface area contributed by atoms with Crippen LogP contribution in [0.15, 0.2) is 30.3 Å². The van der Waals surface area contributed by atoms with Crippen LogP contribution in [0.25, 0.3) is 21.5 Å². The fourth-order valence-electron chi connectivity index (χ4n) is 5.21. The summed E-state index contributed by atoms with van der Waals surface area (Å²) < 4.78 is 31.4. The molecule has 1 saturated heterocycles. The van der Waals surface area contributed by atoms with Crippen LogP contribution in [0, 0.1) is 5.41 Å². The minimum atomic E-state index is -3.52. The summed E-state index contributed by atoms with van der Waals surface area (Å²) in [5, 5.41) is 13.5. The number of halogens is 1. The lowest BCUT2D eigenvalue weighted by Crippen LogP contribution is -2.66. The van der Waals surface area contributed by atoms with Crippen LogP contribution >= 0.6 is 22.9 Å². The van der Waals surface area contributed by atoms with Crippen LogP contribution in [-0.2, 0) is 15.4 Å². The molecule has 9 heteroatoms. The van der Waals surface area contributed by atoms with Crippen LogP contribution in [0.3, 0.4) is 0 Å². The van der Waals surface area contributed by atoms with E-state index in [1.807, 2.05) is 37.3 Å². The van der Waals surface area contributed by atoms with Crippen molar-refractivity contribution in [2.75, 3.05) is 12.9 Å². The van der Waals surface area contributed by atoms with Crippen LogP contribution in [0.1, 0.15) is 43.9 Å². The van der Waals surface area contributed by atoms with Gasteiger partial charge in [-0.2, -0.15) is 0 Å². The highest BCUT2D eigenvalue weighted by Crippen LogP contribution is 2.47. The second-order valence-corrected chi connectivity index (χ2v) is 12.8. The molecular weight excluding hydrogens is 466 g/mol. The second kappa shape index (κ2) is 7.50. The summed E-state index contributed by atoms with van der Waals surface area (Å²) in [4.78, 5) is 5.05. The number of rotatable bonds is 3. The van der Waals surface area contributed by atoms with Gasteiger partial charge < -0.3 is 15.0 Å². The molecule has 6 nitrogen and oxygen atoms in total. The highest BCUT2D eigenvalue weighted by molar-refractivity contribution is 7.93. The number of methoxy groups -OCH3 is 1. The van der Waals surface area contributed by atoms with Crippen LogP contribution in [0.4, 0.5) is 0 Å². The molecule has 2 fully saturated rings. The van der Waals surface area contributed by atoms with E-state index in [9.17, 15) is 8.42 Å². The van der Waals surface area contributed by atoms with Crippen molar-refractivity contribution in [3.05, 3.63) is 40.2 Å². The Morgan fingerprint density at radius 2 is 1.94 bits per heavy atom. The number of fused-ring (bicyclic) bond motifs is 1. The molecule has 0 unspecified atom stereocenters. The van der Waals surface area contributed by atoms with E-state index in [0.717, 1.165) is 51.4 Å². The van der Waals surface area contributed by atoms with Gasteiger partial charge >= 0.3 is 0 Å². The van der Waals surface area contributed by atoms with Crippen molar-refractivity contribution in [2.24, 2.45) is 0 Å². The lowest BCUT2D eigenvalue weighted by Gasteiger charge is -2.47. The number of hydrogen-bond acceptors (Lipinski definition) is 5. The monoisotopic (exact) mass is 491 g/mol. The largest absolute Gasteiger partial charge is 0.495 e. The zero-order valence-corrected chi connectivity index (χ0v) is 20.4. The van der Waals surface area contributed by atoms with E-state index in [4.69, 9.17) is 21.7 Å². The first-order valence-corrected chi connectivity index (χ1v) is 13.6. The average Bonchev–Trinajstić information content (AvgIpc) is 3.36. The molecule has 1 aliphatic heterocycles. The predicted molar refractivity (Wildman–Crippen MR) is 131 cm³/mol. The molecule has 32 heavy (non-hydrogen) atoms. The Morgan fingerprint density at radius 1 is 1.19 bits per heavy atom. The Balaban J connectivity index is 1.54. The fourth-order valence-corrected chi connectivity index (χ4v) is 9.45. The molecule has 1 atom stereocenters. The lowest BCUT2D eigenvalue weighted by molar-refractivity contribution is 0.384. The molecule has 3 heterocycles. The van der Waals surface area contributed by atoms with Crippen molar-refractivity contribution < 1.29 is 13.2 Å². The Hall–Kier alpha value is -2.03. The Bertz CT molecular complexity index is 1320. The summed E-state index contributed by atoms with van der Waals surface area (Å²) in [6.07, 6.45) is 3.76. The summed E-state index contributed by atoms with van der Waals surface area (Å²) in [5.74, 6) is 0.810. The highest BCUT2D eigenvalue weighted by Gasteiger charge is 2.56. The fraction of sp³-hybridized carbons (Fsp3) is 0.435. The van der Waals surface area contributed by atoms with E-state index in [-0.39, 0.29) is 11.6 Å². The lowest BCUT2D eigenvalue weighted by atomic mass is 9.86. The number of aromatic amines is 1. The van der Waals surface area contributed by atoms with Gasteiger partial charge in [-0.3, -0.25) is 5.41 Å². The quantitative estimate of drug-likeness (QED) is 0.452. The summed E-state index contributed by atoms with van der Waals surface area (Å²) >= 11 is 8.12. The molecule has 5 rings (SSSR count). The first kappa shape index (κ1) is 21.8. The van der Waals surface area contributed by atoms with Crippen molar-refractivity contribution in [2.45, 2.75) is 49.3 Å². The van der Waals surface area contributed by atoms with Crippen LogP contribution in [0.5, 0.6) is 5.75 Å². The van der Waals surface area contributed by atoms with Crippen LogP contribution in [-0.4, -0.2) is 36.8 Å². The molecular formula is C23H26ClN3O3S2.